The van der Waals surface area contributed by atoms with Crippen molar-refractivity contribution in [1.82, 2.24) is 0 Å². The third-order valence-corrected chi connectivity index (χ3v) is 2.48. The molecule has 0 atom stereocenters. The van der Waals surface area contributed by atoms with Gasteiger partial charge >= 0.3 is 5.97 Å². The highest BCUT2D eigenvalue weighted by Gasteiger charge is 2.18. The molecule has 0 aliphatic carbocycles. The number of benzene rings is 1. The molecule has 0 saturated carbocycles. The standard InChI is InChI=1S/C12H17NO2/c1-7-5-8(12(2,3)4)6-9(10(7)13)11(14)15/h5-6H,13H2,1-4H3,(H,14,15). The van der Waals surface area contributed by atoms with Gasteiger partial charge in [0.25, 0.3) is 0 Å². The summed E-state index contributed by atoms with van der Waals surface area (Å²) in [6, 6.07) is 3.60. The molecular formula is C12H17NO2. The van der Waals surface area contributed by atoms with Gasteiger partial charge in [0.2, 0.25) is 0 Å². The van der Waals surface area contributed by atoms with Crippen LogP contribution in [0.5, 0.6) is 0 Å². The third-order valence-electron chi connectivity index (χ3n) is 2.48. The number of nitrogens with two attached hydrogens (primary N) is 1. The monoisotopic (exact) mass is 207 g/mol. The summed E-state index contributed by atoms with van der Waals surface area (Å²) in [6.07, 6.45) is 0. The molecule has 82 valence electrons. The first-order chi connectivity index (χ1) is 6.73. The quantitative estimate of drug-likeness (QED) is 0.696. The average Bonchev–Trinajstić information content (AvgIpc) is 2.06. The van der Waals surface area contributed by atoms with E-state index < -0.39 is 5.97 Å². The van der Waals surface area contributed by atoms with E-state index in [4.69, 9.17) is 10.8 Å². The van der Waals surface area contributed by atoms with Crippen molar-refractivity contribution < 1.29 is 9.90 Å². The predicted molar refractivity (Wildman–Crippen MR) is 61.3 cm³/mol. The van der Waals surface area contributed by atoms with Crippen molar-refractivity contribution in [3.05, 3.63) is 28.8 Å². The van der Waals surface area contributed by atoms with Crippen LogP contribution in [0.4, 0.5) is 5.69 Å². The molecule has 1 aromatic rings. The van der Waals surface area contributed by atoms with E-state index >= 15 is 0 Å². The molecule has 0 unspecified atom stereocenters. The molecule has 0 heterocycles. The Kier molecular flexibility index (Phi) is 2.75. The van der Waals surface area contributed by atoms with Crippen LogP contribution in [0.25, 0.3) is 0 Å². The number of carboxylic acid groups (broad SMARTS) is 1. The second kappa shape index (κ2) is 3.57. The first-order valence-electron chi connectivity index (χ1n) is 4.87. The summed E-state index contributed by atoms with van der Waals surface area (Å²) < 4.78 is 0. The summed E-state index contributed by atoms with van der Waals surface area (Å²) >= 11 is 0. The van der Waals surface area contributed by atoms with Crippen LogP contribution in [0.15, 0.2) is 12.1 Å². The van der Waals surface area contributed by atoms with Crippen molar-refractivity contribution in [2.45, 2.75) is 33.1 Å². The number of aryl methyl sites for hydroxylation is 1. The topological polar surface area (TPSA) is 63.3 Å². The molecule has 0 saturated heterocycles. The smallest absolute Gasteiger partial charge is 0.337 e. The Morgan fingerprint density at radius 1 is 1.33 bits per heavy atom. The Labute approximate surface area is 89.9 Å². The van der Waals surface area contributed by atoms with Crippen molar-refractivity contribution in [3.8, 4) is 0 Å². The molecule has 1 aromatic carbocycles. The van der Waals surface area contributed by atoms with Gasteiger partial charge in [-0.25, -0.2) is 4.79 Å². The first kappa shape index (κ1) is 11.6. The zero-order chi connectivity index (χ0) is 11.8. The Bertz CT molecular complexity index is 403. The molecule has 3 nitrogen and oxygen atoms in total. The normalized spacial score (nSPS) is 11.5. The van der Waals surface area contributed by atoms with Crippen molar-refractivity contribution in [2.24, 2.45) is 0 Å². The Balaban J connectivity index is 3.43. The summed E-state index contributed by atoms with van der Waals surface area (Å²) in [7, 11) is 0. The van der Waals surface area contributed by atoms with E-state index in [1.54, 1.807) is 6.07 Å². The van der Waals surface area contributed by atoms with Crippen LogP contribution in [0.2, 0.25) is 0 Å². The summed E-state index contributed by atoms with van der Waals surface area (Å²) in [5, 5.41) is 9.00. The number of carbonyl (C=O) groups is 1. The molecule has 3 N–H and O–H groups in total. The fourth-order valence-corrected chi connectivity index (χ4v) is 1.41. The third kappa shape index (κ3) is 2.29. The average molecular weight is 207 g/mol. The van der Waals surface area contributed by atoms with Crippen LogP contribution in [-0.2, 0) is 5.41 Å². The maximum absolute atomic E-state index is 11.0. The van der Waals surface area contributed by atoms with E-state index in [1.165, 1.54) is 0 Å². The largest absolute Gasteiger partial charge is 0.478 e. The zero-order valence-electron chi connectivity index (χ0n) is 9.59. The van der Waals surface area contributed by atoms with Crippen molar-refractivity contribution >= 4 is 11.7 Å². The number of anilines is 1. The van der Waals surface area contributed by atoms with Crippen LogP contribution in [0, 0.1) is 6.92 Å². The second-order valence-electron chi connectivity index (χ2n) is 4.81. The summed E-state index contributed by atoms with van der Waals surface area (Å²) in [4.78, 5) is 11.0. The van der Waals surface area contributed by atoms with E-state index in [2.05, 4.69) is 0 Å². The summed E-state index contributed by atoms with van der Waals surface area (Å²) in [5.74, 6) is -0.971. The maximum Gasteiger partial charge on any atom is 0.337 e. The minimum absolute atomic E-state index is 0.0668. The van der Waals surface area contributed by atoms with Crippen molar-refractivity contribution in [1.29, 1.82) is 0 Å². The molecule has 0 fully saturated rings. The highest BCUT2D eigenvalue weighted by Crippen LogP contribution is 2.28. The fourth-order valence-electron chi connectivity index (χ4n) is 1.41. The Hall–Kier alpha value is -1.51. The molecule has 0 amide bonds. The van der Waals surface area contributed by atoms with Gasteiger partial charge in [0, 0.05) is 5.69 Å². The van der Waals surface area contributed by atoms with Gasteiger partial charge in [0.15, 0.2) is 0 Å². The van der Waals surface area contributed by atoms with E-state index in [9.17, 15) is 4.79 Å². The van der Waals surface area contributed by atoms with Gasteiger partial charge in [0.1, 0.15) is 0 Å². The van der Waals surface area contributed by atoms with Crippen LogP contribution in [0.3, 0.4) is 0 Å². The minimum Gasteiger partial charge on any atom is -0.478 e. The fraction of sp³-hybridized carbons (Fsp3) is 0.417. The number of hydrogen-bond donors (Lipinski definition) is 2. The van der Waals surface area contributed by atoms with Gasteiger partial charge in [-0.1, -0.05) is 26.8 Å². The molecule has 0 bridgehead atoms. The Morgan fingerprint density at radius 2 is 1.87 bits per heavy atom. The van der Waals surface area contributed by atoms with Gasteiger partial charge in [-0.15, -0.1) is 0 Å². The van der Waals surface area contributed by atoms with E-state index in [1.807, 2.05) is 33.8 Å². The lowest BCUT2D eigenvalue weighted by Crippen LogP contribution is -2.14. The lowest BCUT2D eigenvalue weighted by Gasteiger charge is -2.21. The van der Waals surface area contributed by atoms with Crippen LogP contribution < -0.4 is 5.73 Å². The number of rotatable bonds is 1. The van der Waals surface area contributed by atoms with Crippen molar-refractivity contribution in [2.75, 3.05) is 5.73 Å². The van der Waals surface area contributed by atoms with Crippen LogP contribution >= 0.6 is 0 Å². The van der Waals surface area contributed by atoms with Crippen molar-refractivity contribution in [3.63, 3.8) is 0 Å². The summed E-state index contributed by atoms with van der Waals surface area (Å²) in [5.41, 5.74) is 8.01. The molecule has 15 heavy (non-hydrogen) atoms. The molecule has 0 radical (unpaired) electrons. The molecular weight excluding hydrogens is 190 g/mol. The van der Waals surface area contributed by atoms with Gasteiger partial charge in [0.05, 0.1) is 5.56 Å². The molecule has 3 heteroatoms. The molecule has 0 spiro atoms. The lowest BCUT2D eigenvalue weighted by molar-refractivity contribution is 0.0698. The summed E-state index contributed by atoms with van der Waals surface area (Å²) in [6.45, 7) is 7.97. The van der Waals surface area contributed by atoms with E-state index in [-0.39, 0.29) is 11.0 Å². The zero-order valence-corrected chi connectivity index (χ0v) is 9.59. The highest BCUT2D eigenvalue weighted by atomic mass is 16.4. The molecule has 0 aliphatic rings. The van der Waals surface area contributed by atoms with Crippen LogP contribution in [-0.4, -0.2) is 11.1 Å². The maximum atomic E-state index is 11.0. The number of nitrogen functional groups attached to an aromatic ring is 1. The molecule has 1 rings (SSSR count). The number of carboxylic acids is 1. The van der Waals surface area contributed by atoms with E-state index in [0.717, 1.165) is 11.1 Å². The van der Waals surface area contributed by atoms with Gasteiger partial charge < -0.3 is 10.8 Å². The Morgan fingerprint density at radius 3 is 2.27 bits per heavy atom. The van der Waals surface area contributed by atoms with E-state index in [0.29, 0.717) is 5.69 Å². The highest BCUT2D eigenvalue weighted by molar-refractivity contribution is 5.94. The molecule has 0 aliphatic heterocycles. The number of aromatic carboxylic acids is 1. The van der Waals surface area contributed by atoms with Gasteiger partial charge in [-0.05, 0) is 29.5 Å². The van der Waals surface area contributed by atoms with Gasteiger partial charge in [-0.3, -0.25) is 0 Å². The number of hydrogen-bond acceptors (Lipinski definition) is 2. The second-order valence-corrected chi connectivity index (χ2v) is 4.81. The van der Waals surface area contributed by atoms with Gasteiger partial charge in [-0.2, -0.15) is 0 Å². The molecule has 0 aromatic heterocycles. The minimum atomic E-state index is -0.971. The SMILES string of the molecule is Cc1cc(C(C)(C)C)cc(C(=O)O)c1N. The lowest BCUT2D eigenvalue weighted by atomic mass is 9.84. The first-order valence-corrected chi connectivity index (χ1v) is 4.87. The predicted octanol–water partition coefficient (Wildman–Crippen LogP) is 2.57. The van der Waals surface area contributed by atoms with Crippen LogP contribution in [0.1, 0.15) is 42.3 Å².